The SMILES string of the molecule is O=C(O)[C@@H](Cc1c[nH]c2ccccc12)NCc1ccc(-c2ccccc2F)o1. The molecule has 0 bridgehead atoms. The molecule has 1 atom stereocenters. The van der Waals surface area contributed by atoms with Crippen LogP contribution < -0.4 is 5.32 Å². The summed E-state index contributed by atoms with van der Waals surface area (Å²) in [5.74, 6) is -0.341. The number of benzene rings is 2. The van der Waals surface area contributed by atoms with Crippen LogP contribution in [-0.2, 0) is 17.8 Å². The van der Waals surface area contributed by atoms with E-state index in [1.54, 1.807) is 30.3 Å². The van der Waals surface area contributed by atoms with E-state index in [1.807, 2.05) is 30.5 Å². The highest BCUT2D eigenvalue weighted by atomic mass is 19.1. The Balaban J connectivity index is 1.46. The minimum atomic E-state index is -0.939. The minimum absolute atomic E-state index is 0.230. The van der Waals surface area contributed by atoms with Crippen molar-refractivity contribution in [2.24, 2.45) is 0 Å². The van der Waals surface area contributed by atoms with Crippen LogP contribution in [0.25, 0.3) is 22.2 Å². The number of nitrogens with one attached hydrogen (secondary N) is 2. The summed E-state index contributed by atoms with van der Waals surface area (Å²) >= 11 is 0. The van der Waals surface area contributed by atoms with Gasteiger partial charge in [-0.25, -0.2) is 4.39 Å². The third kappa shape index (κ3) is 3.68. The van der Waals surface area contributed by atoms with Crippen molar-refractivity contribution in [3.05, 3.63) is 84.0 Å². The van der Waals surface area contributed by atoms with Crippen molar-refractivity contribution in [1.29, 1.82) is 0 Å². The van der Waals surface area contributed by atoms with Crippen molar-refractivity contribution in [3.63, 3.8) is 0 Å². The Bertz CT molecular complexity index is 1120. The predicted octanol–water partition coefficient (Wildman–Crippen LogP) is 4.35. The summed E-state index contributed by atoms with van der Waals surface area (Å²) in [6.45, 7) is 0.230. The van der Waals surface area contributed by atoms with E-state index >= 15 is 0 Å². The van der Waals surface area contributed by atoms with Crippen molar-refractivity contribution in [1.82, 2.24) is 10.3 Å². The van der Waals surface area contributed by atoms with Gasteiger partial charge in [0, 0.05) is 23.5 Å². The van der Waals surface area contributed by atoms with Gasteiger partial charge in [0.15, 0.2) is 0 Å². The van der Waals surface area contributed by atoms with Crippen LogP contribution >= 0.6 is 0 Å². The number of fused-ring (bicyclic) bond motifs is 1. The summed E-state index contributed by atoms with van der Waals surface area (Å²) in [7, 11) is 0. The molecule has 0 aliphatic rings. The van der Waals surface area contributed by atoms with E-state index in [1.165, 1.54) is 6.07 Å². The van der Waals surface area contributed by atoms with E-state index in [2.05, 4.69) is 10.3 Å². The fraction of sp³-hybridized carbons (Fsp3) is 0.136. The molecule has 0 fully saturated rings. The number of carbonyl (C=O) groups is 1. The monoisotopic (exact) mass is 378 g/mol. The molecule has 0 saturated carbocycles. The van der Waals surface area contributed by atoms with Crippen molar-refractivity contribution in [2.45, 2.75) is 19.0 Å². The van der Waals surface area contributed by atoms with Gasteiger partial charge in [-0.2, -0.15) is 0 Å². The lowest BCUT2D eigenvalue weighted by molar-refractivity contribution is -0.139. The number of carboxylic acids is 1. The third-order valence-electron chi connectivity index (χ3n) is 4.72. The molecule has 2 heterocycles. The average Bonchev–Trinajstić information content (AvgIpc) is 3.32. The number of para-hydroxylation sites is 1. The number of hydrogen-bond acceptors (Lipinski definition) is 3. The van der Waals surface area contributed by atoms with Gasteiger partial charge in [0.25, 0.3) is 0 Å². The maximum Gasteiger partial charge on any atom is 0.321 e. The average molecular weight is 378 g/mol. The van der Waals surface area contributed by atoms with E-state index in [9.17, 15) is 14.3 Å². The number of halogens is 1. The highest BCUT2D eigenvalue weighted by molar-refractivity contribution is 5.84. The Kier molecular flexibility index (Phi) is 4.95. The molecule has 4 aromatic rings. The molecule has 0 unspecified atom stereocenters. The van der Waals surface area contributed by atoms with Crippen LogP contribution in [0.4, 0.5) is 4.39 Å². The molecule has 0 aliphatic carbocycles. The Morgan fingerprint density at radius 3 is 2.71 bits per heavy atom. The van der Waals surface area contributed by atoms with Crippen LogP contribution in [0.2, 0.25) is 0 Å². The van der Waals surface area contributed by atoms with Gasteiger partial charge < -0.3 is 14.5 Å². The molecule has 4 rings (SSSR count). The highest BCUT2D eigenvalue weighted by Gasteiger charge is 2.20. The second-order valence-corrected chi connectivity index (χ2v) is 6.58. The molecule has 0 aliphatic heterocycles. The summed E-state index contributed by atoms with van der Waals surface area (Å²) in [6, 6.07) is 16.8. The number of rotatable bonds is 7. The molecule has 142 valence electrons. The molecule has 2 aromatic heterocycles. The predicted molar refractivity (Wildman–Crippen MR) is 104 cm³/mol. The van der Waals surface area contributed by atoms with E-state index in [0.29, 0.717) is 23.5 Å². The van der Waals surface area contributed by atoms with Crippen LogP contribution in [-0.4, -0.2) is 22.1 Å². The zero-order valence-corrected chi connectivity index (χ0v) is 15.0. The number of furan rings is 1. The number of H-pyrrole nitrogens is 1. The molecule has 3 N–H and O–H groups in total. The first kappa shape index (κ1) is 18.0. The van der Waals surface area contributed by atoms with E-state index in [0.717, 1.165) is 16.5 Å². The maximum absolute atomic E-state index is 13.9. The van der Waals surface area contributed by atoms with Gasteiger partial charge in [-0.15, -0.1) is 0 Å². The molecular formula is C22H19FN2O3. The minimum Gasteiger partial charge on any atom is -0.480 e. The van der Waals surface area contributed by atoms with Crippen molar-refractivity contribution < 1.29 is 18.7 Å². The number of aliphatic carboxylic acids is 1. The van der Waals surface area contributed by atoms with Crippen molar-refractivity contribution in [3.8, 4) is 11.3 Å². The number of carboxylic acid groups (broad SMARTS) is 1. The molecule has 28 heavy (non-hydrogen) atoms. The number of aromatic nitrogens is 1. The molecule has 2 aromatic carbocycles. The van der Waals surface area contributed by atoms with Crippen LogP contribution in [0.1, 0.15) is 11.3 Å². The fourth-order valence-corrected chi connectivity index (χ4v) is 3.27. The first-order valence-electron chi connectivity index (χ1n) is 8.96. The molecule has 5 nitrogen and oxygen atoms in total. The van der Waals surface area contributed by atoms with Crippen LogP contribution in [0.3, 0.4) is 0 Å². The standard InChI is InChI=1S/C22H19FN2O3/c23-18-7-3-1-6-17(18)21-10-9-15(28-21)13-25-20(22(26)27)11-14-12-24-19-8-4-2-5-16(14)19/h1-10,12,20,24-25H,11,13H2,(H,26,27)/t20-/m1/s1. The third-order valence-corrected chi connectivity index (χ3v) is 4.72. The Hall–Kier alpha value is -3.38. The summed E-state index contributed by atoms with van der Waals surface area (Å²) in [4.78, 5) is 14.9. The van der Waals surface area contributed by atoms with Gasteiger partial charge in [0.05, 0.1) is 12.1 Å². The van der Waals surface area contributed by atoms with Gasteiger partial charge >= 0.3 is 5.97 Å². The quantitative estimate of drug-likeness (QED) is 0.447. The largest absolute Gasteiger partial charge is 0.480 e. The molecule has 0 spiro atoms. The Morgan fingerprint density at radius 2 is 1.89 bits per heavy atom. The number of hydrogen-bond donors (Lipinski definition) is 3. The van der Waals surface area contributed by atoms with Crippen molar-refractivity contribution in [2.75, 3.05) is 0 Å². The first-order chi connectivity index (χ1) is 13.6. The summed E-state index contributed by atoms with van der Waals surface area (Å²) < 4.78 is 19.6. The van der Waals surface area contributed by atoms with Gasteiger partial charge in [0.2, 0.25) is 0 Å². The van der Waals surface area contributed by atoms with Gasteiger partial charge in [-0.05, 0) is 35.9 Å². The highest BCUT2D eigenvalue weighted by Crippen LogP contribution is 2.25. The topological polar surface area (TPSA) is 78.3 Å². The van der Waals surface area contributed by atoms with E-state index in [4.69, 9.17) is 4.42 Å². The smallest absolute Gasteiger partial charge is 0.321 e. The lowest BCUT2D eigenvalue weighted by Crippen LogP contribution is -2.37. The summed E-state index contributed by atoms with van der Waals surface area (Å²) in [5.41, 5.74) is 2.28. The molecule has 0 saturated heterocycles. The van der Waals surface area contributed by atoms with Crippen LogP contribution in [0, 0.1) is 5.82 Å². The second-order valence-electron chi connectivity index (χ2n) is 6.58. The van der Waals surface area contributed by atoms with Gasteiger partial charge in [-0.1, -0.05) is 30.3 Å². The zero-order chi connectivity index (χ0) is 19.5. The van der Waals surface area contributed by atoms with Gasteiger partial charge in [-0.3, -0.25) is 10.1 Å². The maximum atomic E-state index is 13.9. The molecule has 6 heteroatoms. The van der Waals surface area contributed by atoms with E-state index < -0.39 is 12.0 Å². The summed E-state index contributed by atoms with van der Waals surface area (Å²) in [6.07, 6.45) is 2.17. The zero-order valence-electron chi connectivity index (χ0n) is 15.0. The normalized spacial score (nSPS) is 12.3. The fourth-order valence-electron chi connectivity index (χ4n) is 3.27. The Morgan fingerprint density at radius 1 is 1.11 bits per heavy atom. The van der Waals surface area contributed by atoms with E-state index in [-0.39, 0.29) is 12.4 Å². The molecule has 0 amide bonds. The van der Waals surface area contributed by atoms with Crippen LogP contribution in [0.15, 0.2) is 71.3 Å². The summed E-state index contributed by atoms with van der Waals surface area (Å²) in [5, 5.41) is 13.6. The lowest BCUT2D eigenvalue weighted by Gasteiger charge is -2.13. The molecular weight excluding hydrogens is 359 g/mol. The molecule has 0 radical (unpaired) electrons. The lowest BCUT2D eigenvalue weighted by atomic mass is 10.0. The van der Waals surface area contributed by atoms with Crippen LogP contribution in [0.5, 0.6) is 0 Å². The van der Waals surface area contributed by atoms with Gasteiger partial charge in [0.1, 0.15) is 23.4 Å². The Labute approximate surface area is 160 Å². The number of aromatic amines is 1. The van der Waals surface area contributed by atoms with Crippen molar-refractivity contribution >= 4 is 16.9 Å². The second kappa shape index (κ2) is 7.70. The first-order valence-corrected chi connectivity index (χ1v) is 8.96.